The second-order valence-corrected chi connectivity index (χ2v) is 3.72. The summed E-state index contributed by atoms with van der Waals surface area (Å²) in [5, 5.41) is 23.7. The molecule has 0 aliphatic carbocycles. The number of carboxylic acids is 1. The fourth-order valence-electron chi connectivity index (χ4n) is 1.50. The molecule has 0 saturated heterocycles. The predicted octanol–water partition coefficient (Wildman–Crippen LogP) is -0.112. The van der Waals surface area contributed by atoms with Gasteiger partial charge < -0.3 is 10.8 Å². The first kappa shape index (κ1) is 12.1. The maximum Gasteiger partial charge on any atom is 0.320 e. The zero-order valence-corrected chi connectivity index (χ0v) is 9.39. The van der Waals surface area contributed by atoms with E-state index >= 15 is 0 Å². The van der Waals surface area contributed by atoms with Gasteiger partial charge in [-0.15, -0.1) is 20.4 Å². The molecule has 18 heavy (non-hydrogen) atoms. The van der Waals surface area contributed by atoms with E-state index < -0.39 is 12.0 Å². The van der Waals surface area contributed by atoms with Gasteiger partial charge in [-0.2, -0.15) is 0 Å². The first-order valence-corrected chi connectivity index (χ1v) is 5.25. The Morgan fingerprint density at radius 2 is 2.06 bits per heavy atom. The normalized spacial score (nSPS) is 12.1. The number of carbonyl (C=O) groups is 1. The number of hydrogen-bond acceptors (Lipinski definition) is 6. The Hall–Kier alpha value is -2.41. The molecule has 92 valence electrons. The molecule has 1 atom stereocenters. The van der Waals surface area contributed by atoms with Gasteiger partial charge in [0.2, 0.25) is 5.82 Å². The lowest BCUT2D eigenvalue weighted by Crippen LogP contribution is -2.32. The maximum atomic E-state index is 10.7. The molecule has 1 aromatic carbocycles. The second kappa shape index (κ2) is 5.28. The molecular weight excluding hydrogens is 234 g/mol. The van der Waals surface area contributed by atoms with Crippen molar-refractivity contribution in [2.45, 2.75) is 12.5 Å². The highest BCUT2D eigenvalue weighted by molar-refractivity contribution is 5.73. The summed E-state index contributed by atoms with van der Waals surface area (Å²) in [7, 11) is 0. The molecule has 7 nitrogen and oxygen atoms in total. The van der Waals surface area contributed by atoms with Crippen molar-refractivity contribution in [1.82, 2.24) is 20.4 Å². The standard InChI is InChI=1S/C11H11N5O2/c12-9(11(17)18)5-7-2-1-3-8(4-7)10-15-13-6-14-16-10/h1-4,6,9H,5,12H2,(H,17,18). The molecule has 0 aliphatic heterocycles. The van der Waals surface area contributed by atoms with Crippen LogP contribution in [0.5, 0.6) is 0 Å². The van der Waals surface area contributed by atoms with Crippen molar-refractivity contribution in [2.75, 3.05) is 0 Å². The minimum absolute atomic E-state index is 0.247. The predicted molar refractivity (Wildman–Crippen MR) is 62.4 cm³/mol. The van der Waals surface area contributed by atoms with Crippen LogP contribution in [0.3, 0.4) is 0 Å². The molecule has 1 aromatic heterocycles. The molecule has 1 heterocycles. The van der Waals surface area contributed by atoms with Crippen LogP contribution in [0.25, 0.3) is 11.4 Å². The number of aromatic nitrogens is 4. The largest absolute Gasteiger partial charge is 0.480 e. The fraction of sp³-hybridized carbons (Fsp3) is 0.182. The van der Waals surface area contributed by atoms with Crippen LogP contribution < -0.4 is 5.73 Å². The van der Waals surface area contributed by atoms with Crippen molar-refractivity contribution in [3.63, 3.8) is 0 Å². The van der Waals surface area contributed by atoms with Crippen LogP contribution >= 0.6 is 0 Å². The topological polar surface area (TPSA) is 115 Å². The average molecular weight is 245 g/mol. The highest BCUT2D eigenvalue weighted by Gasteiger charge is 2.12. The van der Waals surface area contributed by atoms with Gasteiger partial charge >= 0.3 is 5.97 Å². The van der Waals surface area contributed by atoms with Crippen LogP contribution in [0.4, 0.5) is 0 Å². The highest BCUT2D eigenvalue weighted by Crippen LogP contribution is 2.15. The molecule has 0 radical (unpaired) electrons. The summed E-state index contributed by atoms with van der Waals surface area (Å²) in [6.45, 7) is 0. The lowest BCUT2D eigenvalue weighted by atomic mass is 10.0. The van der Waals surface area contributed by atoms with Crippen LogP contribution in [0.2, 0.25) is 0 Å². The maximum absolute atomic E-state index is 10.7. The molecule has 0 fully saturated rings. The van der Waals surface area contributed by atoms with E-state index in [2.05, 4.69) is 20.4 Å². The van der Waals surface area contributed by atoms with Crippen LogP contribution in [0.15, 0.2) is 30.6 Å². The number of nitrogens with zero attached hydrogens (tertiary/aromatic N) is 4. The van der Waals surface area contributed by atoms with E-state index in [4.69, 9.17) is 10.8 Å². The van der Waals surface area contributed by atoms with E-state index in [1.54, 1.807) is 24.3 Å². The van der Waals surface area contributed by atoms with E-state index in [1.165, 1.54) is 6.33 Å². The molecular formula is C11H11N5O2. The van der Waals surface area contributed by atoms with Crippen LogP contribution in [0.1, 0.15) is 5.56 Å². The summed E-state index contributed by atoms with van der Waals surface area (Å²) < 4.78 is 0. The molecule has 0 aliphatic rings. The smallest absolute Gasteiger partial charge is 0.320 e. The molecule has 2 rings (SSSR count). The Morgan fingerprint density at radius 1 is 1.33 bits per heavy atom. The Balaban J connectivity index is 2.23. The van der Waals surface area contributed by atoms with E-state index in [-0.39, 0.29) is 6.42 Å². The number of rotatable bonds is 4. The Labute approximate surface area is 103 Å². The zero-order chi connectivity index (χ0) is 13.0. The zero-order valence-electron chi connectivity index (χ0n) is 9.39. The van der Waals surface area contributed by atoms with Crippen LogP contribution in [-0.2, 0) is 11.2 Å². The van der Waals surface area contributed by atoms with Crippen molar-refractivity contribution in [1.29, 1.82) is 0 Å². The summed E-state index contributed by atoms with van der Waals surface area (Å²) in [4.78, 5) is 10.7. The van der Waals surface area contributed by atoms with Gasteiger partial charge in [-0.3, -0.25) is 4.79 Å². The molecule has 0 spiro atoms. The third-order valence-electron chi connectivity index (χ3n) is 2.37. The summed E-state index contributed by atoms with van der Waals surface area (Å²) >= 11 is 0. The summed E-state index contributed by atoms with van der Waals surface area (Å²) in [5.41, 5.74) is 7.01. The van der Waals surface area contributed by atoms with E-state index in [0.29, 0.717) is 5.82 Å². The Morgan fingerprint density at radius 3 is 2.72 bits per heavy atom. The molecule has 2 aromatic rings. The minimum Gasteiger partial charge on any atom is -0.480 e. The summed E-state index contributed by atoms with van der Waals surface area (Å²) in [6, 6.07) is 6.25. The van der Waals surface area contributed by atoms with Crippen molar-refractivity contribution >= 4 is 5.97 Å². The lowest BCUT2D eigenvalue weighted by Gasteiger charge is -2.07. The van der Waals surface area contributed by atoms with Gasteiger partial charge in [-0.05, 0) is 18.1 Å². The number of carboxylic acid groups (broad SMARTS) is 1. The first-order valence-electron chi connectivity index (χ1n) is 5.25. The van der Waals surface area contributed by atoms with E-state index in [0.717, 1.165) is 11.1 Å². The van der Waals surface area contributed by atoms with Crippen molar-refractivity contribution < 1.29 is 9.90 Å². The molecule has 0 bridgehead atoms. The third-order valence-corrected chi connectivity index (χ3v) is 2.37. The minimum atomic E-state index is -1.03. The van der Waals surface area contributed by atoms with Gasteiger partial charge in [0.15, 0.2) is 6.33 Å². The molecule has 7 heteroatoms. The van der Waals surface area contributed by atoms with Gasteiger partial charge in [0.1, 0.15) is 6.04 Å². The van der Waals surface area contributed by atoms with E-state index in [9.17, 15) is 4.79 Å². The molecule has 0 saturated carbocycles. The van der Waals surface area contributed by atoms with Crippen LogP contribution in [-0.4, -0.2) is 37.5 Å². The van der Waals surface area contributed by atoms with Gasteiger partial charge in [-0.25, -0.2) is 0 Å². The van der Waals surface area contributed by atoms with Gasteiger partial charge in [0, 0.05) is 5.56 Å². The lowest BCUT2D eigenvalue weighted by molar-refractivity contribution is -0.138. The van der Waals surface area contributed by atoms with Crippen molar-refractivity contribution in [2.24, 2.45) is 5.73 Å². The Kier molecular flexibility index (Phi) is 3.54. The van der Waals surface area contributed by atoms with Crippen molar-refractivity contribution in [3.05, 3.63) is 36.2 Å². The number of aliphatic carboxylic acids is 1. The average Bonchev–Trinajstić information content (AvgIpc) is 2.40. The van der Waals surface area contributed by atoms with Crippen molar-refractivity contribution in [3.8, 4) is 11.4 Å². The van der Waals surface area contributed by atoms with Gasteiger partial charge in [-0.1, -0.05) is 18.2 Å². The number of nitrogens with two attached hydrogens (primary N) is 1. The first-order chi connectivity index (χ1) is 8.66. The monoisotopic (exact) mass is 245 g/mol. The quantitative estimate of drug-likeness (QED) is 0.771. The molecule has 0 amide bonds. The number of benzene rings is 1. The molecule has 3 N–H and O–H groups in total. The SMILES string of the molecule is NC(Cc1cccc(-c2nncnn2)c1)C(=O)O. The van der Waals surface area contributed by atoms with Crippen LogP contribution in [0, 0.1) is 0 Å². The Bertz CT molecular complexity index is 546. The summed E-state index contributed by atoms with van der Waals surface area (Å²) in [5.74, 6) is -0.636. The third kappa shape index (κ3) is 2.83. The fourth-order valence-corrected chi connectivity index (χ4v) is 1.50. The second-order valence-electron chi connectivity index (χ2n) is 3.72. The molecule has 1 unspecified atom stereocenters. The number of hydrogen-bond donors (Lipinski definition) is 2. The van der Waals surface area contributed by atoms with Gasteiger partial charge in [0.25, 0.3) is 0 Å². The summed E-state index contributed by atoms with van der Waals surface area (Å²) in [6.07, 6.45) is 1.49. The highest BCUT2D eigenvalue weighted by atomic mass is 16.4. The van der Waals surface area contributed by atoms with E-state index in [1.807, 2.05) is 0 Å². The van der Waals surface area contributed by atoms with Gasteiger partial charge in [0.05, 0.1) is 0 Å².